The number of rotatable bonds is 19. The van der Waals surface area contributed by atoms with E-state index in [-0.39, 0.29) is 41.6 Å². The Morgan fingerprint density at radius 2 is 1.55 bits per heavy atom. The molecule has 0 spiro atoms. The van der Waals surface area contributed by atoms with Crippen molar-refractivity contribution < 1.29 is 19.2 Å². The number of hydrogen-bond donors (Lipinski definition) is 1. The van der Waals surface area contributed by atoms with Crippen molar-refractivity contribution in [1.29, 1.82) is 0 Å². The van der Waals surface area contributed by atoms with E-state index in [1.54, 1.807) is 0 Å². The first-order chi connectivity index (χ1) is 29.1. The Kier molecular flexibility index (Phi) is 14.2. The largest absolute Gasteiger partial charge is 0.296 e. The number of nitrogens with one attached hydrogen (secondary N) is 1. The molecule has 60 heavy (non-hydrogen) atoms. The molecular weight excluding hydrogens is 743 g/mol. The van der Waals surface area contributed by atoms with Crippen LogP contribution in [0.15, 0.2) is 72.8 Å². The minimum atomic E-state index is -0.574. The summed E-state index contributed by atoms with van der Waals surface area (Å²) in [5.74, 6) is -0.483. The number of unbranched alkanes of at least 4 members (excludes halogenated alkanes) is 8. The van der Waals surface area contributed by atoms with Gasteiger partial charge >= 0.3 is 0 Å². The van der Waals surface area contributed by atoms with E-state index in [4.69, 9.17) is 4.98 Å². The van der Waals surface area contributed by atoms with Gasteiger partial charge in [-0.1, -0.05) is 115 Å². The summed E-state index contributed by atoms with van der Waals surface area (Å²) in [6, 6.07) is 16.7. The lowest BCUT2D eigenvalue weighted by Gasteiger charge is -2.26. The van der Waals surface area contributed by atoms with E-state index < -0.39 is 11.8 Å². The molecule has 7 nitrogen and oxygen atoms in total. The Bertz CT molecular complexity index is 2160. The minimum absolute atomic E-state index is 0.0350. The predicted octanol–water partition coefficient (Wildman–Crippen LogP) is 11.3. The number of amides is 2. The molecule has 4 aliphatic rings. The van der Waals surface area contributed by atoms with Gasteiger partial charge in [-0.2, -0.15) is 0 Å². The lowest BCUT2D eigenvalue weighted by molar-refractivity contribution is -0.136. The lowest BCUT2D eigenvalue weighted by Crippen LogP contribution is -2.44. The van der Waals surface area contributed by atoms with E-state index in [1.807, 2.05) is 43.5 Å². The molecule has 6 atom stereocenters. The van der Waals surface area contributed by atoms with Gasteiger partial charge in [0.25, 0.3) is 0 Å². The highest BCUT2D eigenvalue weighted by Gasteiger charge is 2.45. The zero-order valence-electron chi connectivity index (χ0n) is 36.3. The molecule has 0 bridgehead atoms. The zero-order chi connectivity index (χ0) is 42.3. The molecule has 1 saturated heterocycles. The van der Waals surface area contributed by atoms with Gasteiger partial charge in [0, 0.05) is 30.5 Å². The maximum absolute atomic E-state index is 14.2. The first kappa shape index (κ1) is 43.3. The van der Waals surface area contributed by atoms with Crippen molar-refractivity contribution in [3.63, 3.8) is 0 Å². The van der Waals surface area contributed by atoms with Crippen molar-refractivity contribution in [2.45, 2.75) is 141 Å². The average molecular weight is 808 g/mol. The molecule has 5 unspecified atom stereocenters. The van der Waals surface area contributed by atoms with E-state index in [9.17, 15) is 19.2 Å². The zero-order valence-corrected chi connectivity index (χ0v) is 36.3. The Morgan fingerprint density at radius 1 is 0.850 bits per heavy atom. The number of ketones is 2. The van der Waals surface area contributed by atoms with Crippen LogP contribution in [-0.2, 0) is 28.9 Å². The summed E-state index contributed by atoms with van der Waals surface area (Å²) in [6.07, 6.45) is 20.5. The van der Waals surface area contributed by atoms with Crippen LogP contribution in [0.3, 0.4) is 0 Å². The summed E-state index contributed by atoms with van der Waals surface area (Å²) in [5.41, 5.74) is 11.0. The number of Topliss-reactive ketones (excluding diaryl/α,β-unsaturated/α-hetero) is 2. The molecule has 2 amide bonds. The van der Waals surface area contributed by atoms with Crippen LogP contribution in [0.1, 0.15) is 182 Å². The second-order valence-electron chi connectivity index (χ2n) is 18.1. The van der Waals surface area contributed by atoms with Crippen molar-refractivity contribution in [2.75, 3.05) is 7.05 Å². The molecule has 3 aromatic rings. The van der Waals surface area contributed by atoms with Gasteiger partial charge < -0.3 is 0 Å². The molecule has 316 valence electrons. The van der Waals surface area contributed by atoms with E-state index >= 15 is 0 Å². The summed E-state index contributed by atoms with van der Waals surface area (Å²) >= 11 is 0. The molecule has 2 heterocycles. The van der Waals surface area contributed by atoms with Gasteiger partial charge in [-0.15, -0.1) is 6.58 Å². The fourth-order valence-corrected chi connectivity index (χ4v) is 10.9. The monoisotopic (exact) mass is 807 g/mol. The molecule has 1 aliphatic heterocycles. The van der Waals surface area contributed by atoms with Crippen molar-refractivity contribution in [3.05, 3.63) is 118 Å². The van der Waals surface area contributed by atoms with Crippen LogP contribution in [-0.4, -0.2) is 41.1 Å². The maximum atomic E-state index is 14.2. The minimum Gasteiger partial charge on any atom is -0.296 e. The molecule has 0 radical (unpaired) electrons. The van der Waals surface area contributed by atoms with Crippen molar-refractivity contribution in [2.24, 2.45) is 28.7 Å². The lowest BCUT2D eigenvalue weighted by atomic mass is 9.80. The number of hydrogen-bond acceptors (Lipinski definition) is 6. The van der Waals surface area contributed by atoms with E-state index in [2.05, 4.69) is 55.5 Å². The summed E-state index contributed by atoms with van der Waals surface area (Å²) < 4.78 is 0. The predicted molar refractivity (Wildman–Crippen MR) is 242 cm³/mol. The molecule has 1 saturated carbocycles. The molecule has 1 N–H and O–H groups in total. The number of aromatic nitrogens is 1. The van der Waals surface area contributed by atoms with Gasteiger partial charge in [0.05, 0.1) is 34.9 Å². The standard InChI is InChI=1S/C53H65N3O4/c1-6-35(7-2)50(54-5)46-27-19-26-45(55-46)44-32-42-37(30-38(31-43(42)51(44)58)39-24-17-20-33(39)3)22-16-14-12-10-8-9-11-13-15-21-36-23-18-25-40-48(36)34(4)49(52(40)59)41-28-29-47(57)56-53(41)60/h6,18-19,23,25-27,30-31,33,35,39,41,44,49H,1,4,7-17,20-22,24,28-29,32H2,2-3,5H3,(H,56,57,60)/t33-,35?,39?,41?,44?,49?/m1/s1. The molecule has 3 aliphatic carbocycles. The number of carbonyl (C=O) groups excluding carboxylic acids is 4. The van der Waals surface area contributed by atoms with Gasteiger partial charge in [-0.3, -0.25) is 34.5 Å². The number of imide groups is 1. The molecule has 1 aromatic heterocycles. The van der Waals surface area contributed by atoms with Gasteiger partial charge in [-0.25, -0.2) is 0 Å². The van der Waals surface area contributed by atoms with Gasteiger partial charge in [0.2, 0.25) is 11.8 Å². The fourth-order valence-electron chi connectivity index (χ4n) is 10.9. The van der Waals surface area contributed by atoms with Gasteiger partial charge in [-0.05, 0) is 115 Å². The molecule has 2 aromatic carbocycles. The Hall–Kier alpha value is -4.78. The number of aliphatic imine (C=N–C) groups is 1. The van der Waals surface area contributed by atoms with Crippen LogP contribution in [0.25, 0.3) is 5.57 Å². The van der Waals surface area contributed by atoms with Crippen LogP contribution in [0.5, 0.6) is 0 Å². The van der Waals surface area contributed by atoms with Gasteiger partial charge in [0.1, 0.15) is 0 Å². The normalized spacial score (nSPS) is 23.2. The quantitative estimate of drug-likeness (QED) is 0.0562. The number of benzene rings is 2. The summed E-state index contributed by atoms with van der Waals surface area (Å²) in [6.45, 7) is 12.8. The van der Waals surface area contributed by atoms with Crippen LogP contribution >= 0.6 is 0 Å². The topological polar surface area (TPSA) is 106 Å². The van der Waals surface area contributed by atoms with Crippen molar-refractivity contribution in [1.82, 2.24) is 10.3 Å². The number of piperidine rings is 1. The Morgan fingerprint density at radius 3 is 2.20 bits per heavy atom. The molecule has 7 heteroatoms. The highest BCUT2D eigenvalue weighted by atomic mass is 16.2. The SMILES string of the molecule is C=CC(CC)C(=NC)c1cccc(C2Cc3c(CCCCCCCCCCCc4cccc5c4C(=C)C(C4CCC(=O)NC4=O)C5=O)cc(C4CCC[C@H]4C)cc3C2=O)n1. The third-order valence-corrected chi connectivity index (χ3v) is 14.3. The van der Waals surface area contributed by atoms with Crippen molar-refractivity contribution in [3.8, 4) is 0 Å². The highest BCUT2D eigenvalue weighted by Crippen LogP contribution is 2.45. The highest BCUT2D eigenvalue weighted by molar-refractivity contribution is 6.17. The first-order valence-corrected chi connectivity index (χ1v) is 23.1. The third-order valence-electron chi connectivity index (χ3n) is 14.3. The maximum Gasteiger partial charge on any atom is 0.230 e. The Labute approximate surface area is 358 Å². The number of pyridine rings is 1. The van der Waals surface area contributed by atoms with E-state index in [0.29, 0.717) is 23.8 Å². The average Bonchev–Trinajstić information content (AvgIpc) is 3.91. The second kappa shape index (κ2) is 19.7. The number of carbonyl (C=O) groups is 4. The van der Waals surface area contributed by atoms with Crippen LogP contribution in [0.2, 0.25) is 0 Å². The second-order valence-corrected chi connectivity index (χ2v) is 18.1. The summed E-state index contributed by atoms with van der Waals surface area (Å²) in [7, 11) is 1.82. The molecule has 7 rings (SSSR count). The van der Waals surface area contributed by atoms with Gasteiger partial charge in [0.15, 0.2) is 11.6 Å². The fraction of sp³-hybridized carbons (Fsp3) is 0.509. The number of aryl methyl sites for hydroxylation is 2. The van der Waals surface area contributed by atoms with Crippen LogP contribution < -0.4 is 5.32 Å². The summed E-state index contributed by atoms with van der Waals surface area (Å²) in [5, 5.41) is 2.42. The van der Waals surface area contributed by atoms with Crippen LogP contribution in [0.4, 0.5) is 0 Å². The number of allylic oxidation sites excluding steroid dienone is 2. The van der Waals surface area contributed by atoms with E-state index in [0.717, 1.165) is 84.3 Å². The number of nitrogens with zero attached hydrogens (tertiary/aromatic N) is 2. The number of fused-ring (bicyclic) bond motifs is 2. The van der Waals surface area contributed by atoms with E-state index in [1.165, 1.54) is 74.5 Å². The summed E-state index contributed by atoms with van der Waals surface area (Å²) in [4.78, 5) is 61.7. The third kappa shape index (κ3) is 9.11. The molecular formula is C53H65N3O4. The first-order valence-electron chi connectivity index (χ1n) is 23.1. The Balaban J connectivity index is 0.884. The van der Waals surface area contributed by atoms with Crippen LogP contribution in [0, 0.1) is 23.7 Å². The smallest absolute Gasteiger partial charge is 0.230 e. The van der Waals surface area contributed by atoms with Crippen molar-refractivity contribution >= 4 is 34.7 Å². The molecule has 2 fully saturated rings.